The van der Waals surface area contributed by atoms with Crippen LogP contribution in [0.4, 0.5) is 5.69 Å². The summed E-state index contributed by atoms with van der Waals surface area (Å²) in [7, 11) is 3.19. The summed E-state index contributed by atoms with van der Waals surface area (Å²) < 4.78 is 10.5. The molecular formula is C17H20ClNO2. The molecule has 0 aromatic heterocycles. The SMILES string of the molecule is COc1ccc(CNc2cc(C)cc(C)c2)c(Cl)c1OC. The van der Waals surface area contributed by atoms with Crippen molar-refractivity contribution in [3.8, 4) is 11.5 Å². The fraction of sp³-hybridized carbons (Fsp3) is 0.294. The van der Waals surface area contributed by atoms with Crippen LogP contribution in [0.15, 0.2) is 30.3 Å². The van der Waals surface area contributed by atoms with Crippen molar-refractivity contribution in [1.82, 2.24) is 0 Å². The van der Waals surface area contributed by atoms with Gasteiger partial charge in [0, 0.05) is 12.2 Å². The number of aryl methyl sites for hydroxylation is 2. The average Bonchev–Trinajstić information content (AvgIpc) is 2.44. The smallest absolute Gasteiger partial charge is 0.179 e. The Morgan fingerprint density at radius 2 is 1.67 bits per heavy atom. The molecule has 3 nitrogen and oxygen atoms in total. The number of nitrogens with one attached hydrogen (secondary N) is 1. The lowest BCUT2D eigenvalue weighted by Gasteiger charge is -2.14. The lowest BCUT2D eigenvalue weighted by atomic mass is 10.1. The number of rotatable bonds is 5. The number of benzene rings is 2. The molecule has 0 spiro atoms. The Labute approximate surface area is 130 Å². The molecule has 0 atom stereocenters. The van der Waals surface area contributed by atoms with E-state index in [9.17, 15) is 0 Å². The summed E-state index contributed by atoms with van der Waals surface area (Å²) in [5.41, 5.74) is 4.51. The van der Waals surface area contributed by atoms with Gasteiger partial charge in [-0.1, -0.05) is 23.7 Å². The number of halogens is 1. The minimum Gasteiger partial charge on any atom is -0.493 e. The number of methoxy groups -OCH3 is 2. The minimum atomic E-state index is 0.568. The molecule has 0 saturated carbocycles. The summed E-state index contributed by atoms with van der Waals surface area (Å²) in [6.07, 6.45) is 0. The van der Waals surface area contributed by atoms with Crippen molar-refractivity contribution in [2.75, 3.05) is 19.5 Å². The molecule has 0 aliphatic heterocycles. The van der Waals surface area contributed by atoms with E-state index in [1.54, 1.807) is 14.2 Å². The van der Waals surface area contributed by atoms with Crippen LogP contribution in [0.5, 0.6) is 11.5 Å². The lowest BCUT2D eigenvalue weighted by Crippen LogP contribution is -2.02. The van der Waals surface area contributed by atoms with Gasteiger partial charge in [0.25, 0.3) is 0 Å². The van der Waals surface area contributed by atoms with E-state index >= 15 is 0 Å². The van der Waals surface area contributed by atoms with Crippen LogP contribution in [-0.2, 0) is 6.54 Å². The summed E-state index contributed by atoms with van der Waals surface area (Å²) in [5.74, 6) is 1.21. The Balaban J connectivity index is 2.20. The maximum absolute atomic E-state index is 6.38. The van der Waals surface area contributed by atoms with Gasteiger partial charge >= 0.3 is 0 Å². The Kier molecular flexibility index (Phi) is 4.97. The van der Waals surface area contributed by atoms with E-state index in [0.29, 0.717) is 23.1 Å². The van der Waals surface area contributed by atoms with Crippen molar-refractivity contribution in [3.05, 3.63) is 52.0 Å². The van der Waals surface area contributed by atoms with Crippen LogP contribution in [0.3, 0.4) is 0 Å². The quantitative estimate of drug-likeness (QED) is 0.876. The predicted octanol–water partition coefficient (Wildman–Crippen LogP) is 4.59. The Hall–Kier alpha value is -1.87. The van der Waals surface area contributed by atoms with Gasteiger partial charge in [0.1, 0.15) is 0 Å². The average molecular weight is 306 g/mol. The van der Waals surface area contributed by atoms with Gasteiger partial charge in [-0.3, -0.25) is 0 Å². The molecule has 0 bridgehead atoms. The molecule has 0 aliphatic carbocycles. The van der Waals surface area contributed by atoms with Gasteiger partial charge in [-0.25, -0.2) is 0 Å². The highest BCUT2D eigenvalue weighted by atomic mass is 35.5. The summed E-state index contributed by atoms with van der Waals surface area (Å²) in [4.78, 5) is 0. The third-order valence-corrected chi connectivity index (χ3v) is 3.68. The van der Waals surface area contributed by atoms with Gasteiger partial charge in [0.05, 0.1) is 19.2 Å². The van der Waals surface area contributed by atoms with E-state index < -0.39 is 0 Å². The fourth-order valence-corrected chi connectivity index (χ4v) is 2.64. The maximum Gasteiger partial charge on any atom is 0.179 e. The highest BCUT2D eigenvalue weighted by molar-refractivity contribution is 6.33. The molecule has 4 heteroatoms. The molecule has 0 saturated heterocycles. The van der Waals surface area contributed by atoms with Gasteiger partial charge in [0.15, 0.2) is 11.5 Å². The van der Waals surface area contributed by atoms with Crippen LogP contribution in [0, 0.1) is 13.8 Å². The second-order valence-corrected chi connectivity index (χ2v) is 5.38. The molecule has 0 aliphatic rings. The monoisotopic (exact) mass is 305 g/mol. The van der Waals surface area contributed by atoms with E-state index in [-0.39, 0.29) is 0 Å². The first-order valence-corrected chi connectivity index (χ1v) is 7.14. The van der Waals surface area contributed by atoms with E-state index in [2.05, 4.69) is 37.4 Å². The van der Waals surface area contributed by atoms with Crippen molar-refractivity contribution < 1.29 is 9.47 Å². The van der Waals surface area contributed by atoms with Crippen LogP contribution >= 0.6 is 11.6 Å². The summed E-state index contributed by atoms with van der Waals surface area (Å²) in [6.45, 7) is 4.80. The third kappa shape index (κ3) is 3.61. The lowest BCUT2D eigenvalue weighted by molar-refractivity contribution is 0.355. The molecule has 2 aromatic carbocycles. The third-order valence-electron chi connectivity index (χ3n) is 3.27. The van der Waals surface area contributed by atoms with Crippen LogP contribution in [0.1, 0.15) is 16.7 Å². The first-order valence-electron chi connectivity index (χ1n) is 6.76. The summed E-state index contributed by atoms with van der Waals surface area (Å²) in [6, 6.07) is 10.2. The number of hydrogen-bond acceptors (Lipinski definition) is 3. The van der Waals surface area contributed by atoms with E-state index in [0.717, 1.165) is 11.3 Å². The first-order chi connectivity index (χ1) is 10.0. The summed E-state index contributed by atoms with van der Waals surface area (Å²) in [5, 5.41) is 3.97. The zero-order valence-corrected chi connectivity index (χ0v) is 13.5. The van der Waals surface area contributed by atoms with Crippen molar-refractivity contribution in [2.45, 2.75) is 20.4 Å². The van der Waals surface area contributed by atoms with E-state index in [1.807, 2.05) is 12.1 Å². The van der Waals surface area contributed by atoms with Crippen LogP contribution in [0.25, 0.3) is 0 Å². The molecule has 0 unspecified atom stereocenters. The largest absolute Gasteiger partial charge is 0.493 e. The number of ether oxygens (including phenoxy) is 2. The topological polar surface area (TPSA) is 30.5 Å². The molecule has 2 aromatic rings. The molecule has 0 radical (unpaired) electrons. The zero-order chi connectivity index (χ0) is 15.4. The molecule has 0 heterocycles. The Morgan fingerprint density at radius 3 is 2.24 bits per heavy atom. The van der Waals surface area contributed by atoms with Crippen molar-refractivity contribution in [2.24, 2.45) is 0 Å². The molecule has 0 amide bonds. The van der Waals surface area contributed by atoms with Crippen molar-refractivity contribution in [1.29, 1.82) is 0 Å². The van der Waals surface area contributed by atoms with E-state index in [4.69, 9.17) is 21.1 Å². The van der Waals surface area contributed by atoms with Crippen molar-refractivity contribution in [3.63, 3.8) is 0 Å². The molecule has 21 heavy (non-hydrogen) atoms. The minimum absolute atomic E-state index is 0.568. The molecule has 2 rings (SSSR count). The van der Waals surface area contributed by atoms with Gasteiger partial charge < -0.3 is 14.8 Å². The normalized spacial score (nSPS) is 10.3. The molecule has 1 N–H and O–H groups in total. The molecule has 0 fully saturated rings. The zero-order valence-electron chi connectivity index (χ0n) is 12.8. The molecular weight excluding hydrogens is 286 g/mol. The standard InChI is InChI=1S/C17H20ClNO2/c1-11-7-12(2)9-14(8-11)19-10-13-5-6-15(20-3)17(21-4)16(13)18/h5-9,19H,10H2,1-4H3. The van der Waals surface area contributed by atoms with Gasteiger partial charge in [-0.15, -0.1) is 0 Å². The van der Waals surface area contributed by atoms with E-state index in [1.165, 1.54) is 11.1 Å². The predicted molar refractivity (Wildman–Crippen MR) is 87.8 cm³/mol. The van der Waals surface area contributed by atoms with Gasteiger partial charge in [0.2, 0.25) is 0 Å². The van der Waals surface area contributed by atoms with Gasteiger partial charge in [-0.05, 0) is 48.7 Å². The number of anilines is 1. The fourth-order valence-electron chi connectivity index (χ4n) is 2.34. The van der Waals surface area contributed by atoms with Crippen LogP contribution < -0.4 is 14.8 Å². The maximum atomic E-state index is 6.38. The highest BCUT2D eigenvalue weighted by Crippen LogP contribution is 2.37. The van der Waals surface area contributed by atoms with Gasteiger partial charge in [-0.2, -0.15) is 0 Å². The Bertz CT molecular complexity index is 621. The Morgan fingerprint density at radius 1 is 1.00 bits per heavy atom. The molecule has 112 valence electrons. The van der Waals surface area contributed by atoms with Crippen molar-refractivity contribution >= 4 is 17.3 Å². The summed E-state index contributed by atoms with van der Waals surface area (Å²) >= 11 is 6.38. The first kappa shape index (κ1) is 15.5. The number of hydrogen-bond donors (Lipinski definition) is 1. The second kappa shape index (κ2) is 6.72. The van der Waals surface area contributed by atoms with Crippen LogP contribution in [-0.4, -0.2) is 14.2 Å². The second-order valence-electron chi connectivity index (χ2n) is 5.00. The highest BCUT2D eigenvalue weighted by Gasteiger charge is 2.12. The van der Waals surface area contributed by atoms with Crippen LogP contribution in [0.2, 0.25) is 5.02 Å².